The van der Waals surface area contributed by atoms with Crippen molar-refractivity contribution in [1.82, 2.24) is 4.90 Å². The van der Waals surface area contributed by atoms with E-state index in [1.807, 2.05) is 18.7 Å². The normalized spacial score (nSPS) is 38.5. The first-order valence-electron chi connectivity index (χ1n) is 5.53. The Bertz CT molecular complexity index is 277. The van der Waals surface area contributed by atoms with Crippen LogP contribution in [0, 0.1) is 5.92 Å². The molecule has 0 saturated carbocycles. The quantitative estimate of drug-likeness (QED) is 0.687. The Balaban J connectivity index is 2.30. The molecule has 0 spiro atoms. The summed E-state index contributed by atoms with van der Waals surface area (Å²) in [7, 11) is 1.61. The van der Waals surface area contributed by atoms with Gasteiger partial charge in [0, 0.05) is 13.0 Å². The van der Waals surface area contributed by atoms with E-state index in [4.69, 9.17) is 9.47 Å². The van der Waals surface area contributed by atoms with Crippen molar-refractivity contribution >= 4 is 5.91 Å². The molecular formula is C11H19NO3. The molecule has 0 aromatic carbocycles. The van der Waals surface area contributed by atoms with Gasteiger partial charge in [0.1, 0.15) is 11.8 Å². The average molecular weight is 213 g/mol. The first-order valence-corrected chi connectivity index (χ1v) is 5.53. The number of ether oxygens (including phenoxy) is 2. The fraction of sp³-hybridized carbons (Fsp3) is 0.909. The van der Waals surface area contributed by atoms with E-state index in [0.717, 1.165) is 6.42 Å². The molecule has 0 bridgehead atoms. The third kappa shape index (κ3) is 1.39. The lowest BCUT2D eigenvalue weighted by atomic mass is 9.96. The fourth-order valence-electron chi connectivity index (χ4n) is 2.86. The van der Waals surface area contributed by atoms with Gasteiger partial charge in [0.2, 0.25) is 0 Å². The summed E-state index contributed by atoms with van der Waals surface area (Å²) < 4.78 is 11.0. The molecule has 4 nitrogen and oxygen atoms in total. The Morgan fingerprint density at radius 3 is 2.80 bits per heavy atom. The molecule has 86 valence electrons. The van der Waals surface area contributed by atoms with Gasteiger partial charge >= 0.3 is 0 Å². The van der Waals surface area contributed by atoms with E-state index >= 15 is 0 Å². The molecule has 0 aromatic heterocycles. The van der Waals surface area contributed by atoms with Crippen LogP contribution in [-0.4, -0.2) is 42.4 Å². The lowest BCUT2D eigenvalue weighted by Crippen LogP contribution is -2.45. The molecule has 2 aliphatic rings. The second-order valence-corrected chi connectivity index (χ2v) is 4.76. The minimum atomic E-state index is -0.470. The number of carbonyl (C=O) groups is 1. The highest BCUT2D eigenvalue weighted by Crippen LogP contribution is 2.40. The average Bonchev–Trinajstić information content (AvgIpc) is 2.63. The molecular weight excluding hydrogens is 194 g/mol. The van der Waals surface area contributed by atoms with Crippen molar-refractivity contribution in [3.05, 3.63) is 0 Å². The molecule has 15 heavy (non-hydrogen) atoms. The molecule has 0 aromatic rings. The highest BCUT2D eigenvalue weighted by Gasteiger charge is 2.56. The third-order valence-corrected chi connectivity index (χ3v) is 3.61. The smallest absolute Gasteiger partial charge is 0.254 e. The predicted molar refractivity (Wildman–Crippen MR) is 55.2 cm³/mol. The molecule has 2 rings (SSSR count). The highest BCUT2D eigenvalue weighted by molar-refractivity contribution is 5.85. The van der Waals surface area contributed by atoms with Gasteiger partial charge in [-0.3, -0.25) is 4.79 Å². The van der Waals surface area contributed by atoms with E-state index < -0.39 is 5.72 Å². The molecule has 3 atom stereocenters. The molecule has 4 heteroatoms. The summed E-state index contributed by atoms with van der Waals surface area (Å²) >= 11 is 0. The zero-order valence-electron chi connectivity index (χ0n) is 9.82. The number of rotatable bonds is 2. The van der Waals surface area contributed by atoms with Crippen LogP contribution in [0.5, 0.6) is 0 Å². The fourth-order valence-corrected chi connectivity index (χ4v) is 2.86. The maximum Gasteiger partial charge on any atom is 0.254 e. The summed E-state index contributed by atoms with van der Waals surface area (Å²) in [6.45, 7) is 6.61. The van der Waals surface area contributed by atoms with Gasteiger partial charge in [-0.05, 0) is 20.3 Å². The molecule has 2 fully saturated rings. The lowest BCUT2D eigenvalue weighted by molar-refractivity contribution is -0.150. The van der Waals surface area contributed by atoms with Crippen molar-refractivity contribution < 1.29 is 14.3 Å². The SMILES string of the molecule is CCC1C(OC)C(=O)N2C1COC2(C)C. The van der Waals surface area contributed by atoms with Gasteiger partial charge in [-0.15, -0.1) is 0 Å². The highest BCUT2D eigenvalue weighted by atomic mass is 16.5. The zero-order chi connectivity index (χ0) is 11.2. The van der Waals surface area contributed by atoms with Gasteiger partial charge in [0.05, 0.1) is 12.6 Å². The first-order chi connectivity index (χ1) is 7.03. The molecule has 2 heterocycles. The van der Waals surface area contributed by atoms with Gasteiger partial charge in [-0.2, -0.15) is 0 Å². The monoisotopic (exact) mass is 213 g/mol. The minimum Gasteiger partial charge on any atom is -0.371 e. The molecule has 0 N–H and O–H groups in total. The van der Waals surface area contributed by atoms with Gasteiger partial charge in [0.15, 0.2) is 0 Å². The maximum atomic E-state index is 12.1. The van der Waals surface area contributed by atoms with Crippen LogP contribution in [-0.2, 0) is 14.3 Å². The zero-order valence-corrected chi connectivity index (χ0v) is 9.82. The number of amides is 1. The van der Waals surface area contributed by atoms with Crippen molar-refractivity contribution in [1.29, 1.82) is 0 Å². The molecule has 3 unspecified atom stereocenters. The summed E-state index contributed by atoms with van der Waals surface area (Å²) in [6, 6.07) is 0.197. The Morgan fingerprint density at radius 1 is 1.60 bits per heavy atom. The van der Waals surface area contributed by atoms with E-state index in [9.17, 15) is 4.79 Å². The maximum absolute atomic E-state index is 12.1. The number of methoxy groups -OCH3 is 1. The van der Waals surface area contributed by atoms with Crippen LogP contribution >= 0.6 is 0 Å². The minimum absolute atomic E-state index is 0.0804. The van der Waals surface area contributed by atoms with Crippen LogP contribution < -0.4 is 0 Å². The Morgan fingerprint density at radius 2 is 2.27 bits per heavy atom. The van der Waals surface area contributed by atoms with Gasteiger partial charge in [-0.25, -0.2) is 0 Å². The van der Waals surface area contributed by atoms with Gasteiger partial charge < -0.3 is 14.4 Å². The van der Waals surface area contributed by atoms with Crippen molar-refractivity contribution in [2.45, 2.75) is 45.1 Å². The van der Waals surface area contributed by atoms with Crippen molar-refractivity contribution in [3.8, 4) is 0 Å². The number of hydrogen-bond acceptors (Lipinski definition) is 3. The second kappa shape index (κ2) is 3.46. The Labute approximate surface area is 90.5 Å². The van der Waals surface area contributed by atoms with Gasteiger partial charge in [-0.1, -0.05) is 6.92 Å². The second-order valence-electron chi connectivity index (χ2n) is 4.76. The number of nitrogens with zero attached hydrogens (tertiary/aromatic N) is 1. The van der Waals surface area contributed by atoms with E-state index in [0.29, 0.717) is 6.61 Å². The summed E-state index contributed by atoms with van der Waals surface area (Å²) in [4.78, 5) is 14.0. The van der Waals surface area contributed by atoms with Crippen LogP contribution in [0.3, 0.4) is 0 Å². The molecule has 0 radical (unpaired) electrons. The van der Waals surface area contributed by atoms with E-state index in [1.165, 1.54) is 0 Å². The summed E-state index contributed by atoms with van der Waals surface area (Å²) in [5, 5.41) is 0. The number of carbonyl (C=O) groups excluding carboxylic acids is 1. The Kier molecular flexibility index (Phi) is 2.51. The van der Waals surface area contributed by atoms with E-state index in [1.54, 1.807) is 7.11 Å². The lowest BCUT2D eigenvalue weighted by Gasteiger charge is -2.29. The van der Waals surface area contributed by atoms with Crippen molar-refractivity contribution in [2.75, 3.05) is 13.7 Å². The van der Waals surface area contributed by atoms with E-state index in [2.05, 4.69) is 6.92 Å². The van der Waals surface area contributed by atoms with Crippen LogP contribution in [0.4, 0.5) is 0 Å². The molecule has 1 amide bonds. The van der Waals surface area contributed by atoms with Gasteiger partial charge in [0.25, 0.3) is 5.91 Å². The van der Waals surface area contributed by atoms with E-state index in [-0.39, 0.29) is 24.0 Å². The number of hydrogen-bond donors (Lipinski definition) is 0. The molecule has 0 aliphatic carbocycles. The van der Waals surface area contributed by atoms with Crippen molar-refractivity contribution in [3.63, 3.8) is 0 Å². The summed E-state index contributed by atoms with van der Waals surface area (Å²) in [6.07, 6.45) is 0.674. The third-order valence-electron chi connectivity index (χ3n) is 3.61. The topological polar surface area (TPSA) is 38.8 Å². The van der Waals surface area contributed by atoms with Crippen LogP contribution in [0.2, 0.25) is 0 Å². The Hall–Kier alpha value is -0.610. The first kappa shape index (κ1) is 10.9. The predicted octanol–water partition coefficient (Wildman–Crippen LogP) is 1.00. The van der Waals surface area contributed by atoms with Crippen LogP contribution in [0.15, 0.2) is 0 Å². The molecule has 2 saturated heterocycles. The summed E-state index contributed by atoms with van der Waals surface area (Å²) in [5.74, 6) is 0.348. The largest absolute Gasteiger partial charge is 0.371 e. The number of fused-ring (bicyclic) bond motifs is 1. The van der Waals surface area contributed by atoms with Crippen LogP contribution in [0.1, 0.15) is 27.2 Å². The van der Waals surface area contributed by atoms with Crippen LogP contribution in [0.25, 0.3) is 0 Å². The molecule has 2 aliphatic heterocycles. The summed E-state index contributed by atoms with van der Waals surface area (Å²) in [5.41, 5.74) is -0.470. The standard InChI is InChI=1S/C11H19NO3/c1-5-7-8-6-15-11(2,3)12(8)10(13)9(7)14-4/h7-9H,5-6H2,1-4H3. The van der Waals surface area contributed by atoms with Crippen molar-refractivity contribution in [2.24, 2.45) is 5.92 Å².